The topological polar surface area (TPSA) is 69.7 Å². The molecule has 2 heterocycles. The summed E-state index contributed by atoms with van der Waals surface area (Å²) in [4.78, 5) is 14.6. The summed E-state index contributed by atoms with van der Waals surface area (Å²) >= 11 is 0. The van der Waals surface area contributed by atoms with Crippen LogP contribution in [0.4, 0.5) is 4.39 Å². The number of sulfonamides is 1. The van der Waals surface area contributed by atoms with Crippen LogP contribution in [0.15, 0.2) is 29.2 Å². The third-order valence-corrected chi connectivity index (χ3v) is 6.99. The molecule has 2 aliphatic rings. The summed E-state index contributed by atoms with van der Waals surface area (Å²) in [6, 6.07) is 5.00. The van der Waals surface area contributed by atoms with Gasteiger partial charge in [-0.2, -0.15) is 4.31 Å². The molecule has 0 aromatic heterocycles. The molecule has 2 saturated heterocycles. The Hall–Kier alpha value is -1.22. The van der Waals surface area contributed by atoms with Crippen LogP contribution in [0.5, 0.6) is 0 Å². The maximum Gasteiger partial charge on any atom is 0.243 e. The van der Waals surface area contributed by atoms with Gasteiger partial charge in [0, 0.05) is 32.7 Å². The number of halogens is 2. The van der Waals surface area contributed by atoms with Crippen molar-refractivity contribution in [2.24, 2.45) is 5.92 Å². The molecule has 0 radical (unpaired) electrons. The highest BCUT2D eigenvalue weighted by Gasteiger charge is 2.36. The van der Waals surface area contributed by atoms with Crippen molar-refractivity contribution in [2.45, 2.75) is 30.2 Å². The Balaban J connectivity index is 0.00000243. The molecule has 1 aromatic carbocycles. The van der Waals surface area contributed by atoms with Crippen LogP contribution in [0.1, 0.15) is 19.3 Å². The van der Waals surface area contributed by atoms with Gasteiger partial charge in [-0.15, -0.1) is 12.4 Å². The fraction of sp³-hybridized carbons (Fsp3) is 0.588. The van der Waals surface area contributed by atoms with Crippen molar-refractivity contribution in [3.8, 4) is 0 Å². The molecule has 2 fully saturated rings. The first-order valence-electron chi connectivity index (χ1n) is 8.62. The van der Waals surface area contributed by atoms with Crippen LogP contribution in [0.3, 0.4) is 0 Å². The van der Waals surface area contributed by atoms with Gasteiger partial charge in [0.15, 0.2) is 0 Å². The van der Waals surface area contributed by atoms with Gasteiger partial charge in [-0.25, -0.2) is 12.8 Å². The summed E-state index contributed by atoms with van der Waals surface area (Å²) in [7, 11) is -1.91. The standard InChI is InChI=1S/C17H24FN3O3S.ClH/c1-20(15-8-9-19-11-15)17(22)13-3-2-10-21(12-13)25(23,24)16-6-4-14(18)5-7-16;/h4-7,13,15,19H,2-3,8-12H2,1H3;1H. The second-order valence-corrected chi connectivity index (χ2v) is 8.69. The predicted molar refractivity (Wildman–Crippen MR) is 99.2 cm³/mol. The zero-order valence-corrected chi connectivity index (χ0v) is 16.4. The minimum atomic E-state index is -3.71. The molecule has 2 aliphatic heterocycles. The van der Waals surface area contributed by atoms with Gasteiger partial charge in [-0.05, 0) is 50.1 Å². The number of carbonyl (C=O) groups excluding carboxylic acids is 1. The van der Waals surface area contributed by atoms with Gasteiger partial charge in [0.1, 0.15) is 5.82 Å². The summed E-state index contributed by atoms with van der Waals surface area (Å²) in [6.45, 7) is 2.26. The zero-order valence-electron chi connectivity index (χ0n) is 14.7. The van der Waals surface area contributed by atoms with E-state index in [1.54, 1.807) is 11.9 Å². The predicted octanol–water partition coefficient (Wildman–Crippen LogP) is 1.47. The lowest BCUT2D eigenvalue weighted by atomic mass is 9.97. The van der Waals surface area contributed by atoms with E-state index in [4.69, 9.17) is 0 Å². The average molecular weight is 406 g/mol. The Morgan fingerprint density at radius 1 is 1.27 bits per heavy atom. The molecule has 1 N–H and O–H groups in total. The third-order valence-electron chi connectivity index (χ3n) is 5.11. The molecule has 1 amide bonds. The molecule has 0 spiro atoms. The van der Waals surface area contributed by atoms with Crippen LogP contribution in [0.2, 0.25) is 0 Å². The normalized spacial score (nSPS) is 24.1. The number of piperidine rings is 1. The number of likely N-dealkylation sites (N-methyl/N-ethyl adjacent to an activating group) is 1. The van der Waals surface area contributed by atoms with Crippen molar-refractivity contribution in [1.82, 2.24) is 14.5 Å². The van der Waals surface area contributed by atoms with E-state index in [0.29, 0.717) is 19.4 Å². The van der Waals surface area contributed by atoms with E-state index in [2.05, 4.69) is 5.32 Å². The van der Waals surface area contributed by atoms with E-state index in [1.807, 2.05) is 0 Å². The number of carbonyl (C=O) groups is 1. The second kappa shape index (κ2) is 8.65. The lowest BCUT2D eigenvalue weighted by Gasteiger charge is -2.34. The van der Waals surface area contributed by atoms with E-state index < -0.39 is 15.8 Å². The van der Waals surface area contributed by atoms with Crippen molar-refractivity contribution in [1.29, 1.82) is 0 Å². The van der Waals surface area contributed by atoms with E-state index in [0.717, 1.165) is 31.6 Å². The van der Waals surface area contributed by atoms with Crippen molar-refractivity contribution in [3.63, 3.8) is 0 Å². The maximum absolute atomic E-state index is 13.1. The van der Waals surface area contributed by atoms with Crippen molar-refractivity contribution < 1.29 is 17.6 Å². The summed E-state index contributed by atoms with van der Waals surface area (Å²) in [5, 5.41) is 3.24. The summed E-state index contributed by atoms with van der Waals surface area (Å²) < 4.78 is 39.9. The summed E-state index contributed by atoms with van der Waals surface area (Å²) in [5.74, 6) is -0.792. The highest BCUT2D eigenvalue weighted by Crippen LogP contribution is 2.25. The largest absolute Gasteiger partial charge is 0.341 e. The van der Waals surface area contributed by atoms with Gasteiger partial charge in [0.2, 0.25) is 15.9 Å². The van der Waals surface area contributed by atoms with Crippen LogP contribution in [0.25, 0.3) is 0 Å². The number of hydrogen-bond donors (Lipinski definition) is 1. The molecule has 1 aromatic rings. The quantitative estimate of drug-likeness (QED) is 0.823. The van der Waals surface area contributed by atoms with E-state index in [-0.39, 0.29) is 41.7 Å². The molecule has 26 heavy (non-hydrogen) atoms. The number of nitrogens with zero attached hydrogens (tertiary/aromatic N) is 2. The molecule has 6 nitrogen and oxygen atoms in total. The van der Waals surface area contributed by atoms with Crippen LogP contribution in [-0.4, -0.2) is 62.8 Å². The minimum absolute atomic E-state index is 0. The van der Waals surface area contributed by atoms with E-state index in [1.165, 1.54) is 16.4 Å². The van der Waals surface area contributed by atoms with E-state index >= 15 is 0 Å². The molecule has 3 rings (SSSR count). The first-order chi connectivity index (χ1) is 11.9. The molecule has 9 heteroatoms. The molecule has 146 valence electrons. The van der Waals surface area contributed by atoms with Gasteiger partial charge < -0.3 is 10.2 Å². The molecule has 0 saturated carbocycles. The summed E-state index contributed by atoms with van der Waals surface area (Å²) in [5.41, 5.74) is 0. The van der Waals surface area contributed by atoms with Crippen molar-refractivity contribution in [3.05, 3.63) is 30.1 Å². The number of amides is 1. The maximum atomic E-state index is 13.1. The van der Waals surface area contributed by atoms with Gasteiger partial charge in [0.05, 0.1) is 10.8 Å². The fourth-order valence-electron chi connectivity index (χ4n) is 3.56. The first kappa shape index (κ1) is 21.1. The third kappa shape index (κ3) is 4.36. The minimum Gasteiger partial charge on any atom is -0.341 e. The number of rotatable bonds is 4. The van der Waals surface area contributed by atoms with Gasteiger partial charge in [0.25, 0.3) is 0 Å². The van der Waals surface area contributed by atoms with Gasteiger partial charge in [-0.3, -0.25) is 4.79 Å². The van der Waals surface area contributed by atoms with Crippen LogP contribution >= 0.6 is 12.4 Å². The van der Waals surface area contributed by atoms with Crippen LogP contribution in [0, 0.1) is 11.7 Å². The first-order valence-corrected chi connectivity index (χ1v) is 10.1. The van der Waals surface area contributed by atoms with Gasteiger partial charge in [-0.1, -0.05) is 0 Å². The smallest absolute Gasteiger partial charge is 0.243 e. The highest BCUT2D eigenvalue weighted by atomic mass is 35.5. The average Bonchev–Trinajstić information content (AvgIpc) is 3.15. The van der Waals surface area contributed by atoms with Crippen LogP contribution in [-0.2, 0) is 14.8 Å². The molecular formula is C17H25ClFN3O3S. The SMILES string of the molecule is CN(C(=O)C1CCCN(S(=O)(=O)c2ccc(F)cc2)C1)C1CCNC1.Cl. The van der Waals surface area contributed by atoms with E-state index in [9.17, 15) is 17.6 Å². The molecule has 2 unspecified atom stereocenters. The Labute approximate surface area is 160 Å². The molecular weight excluding hydrogens is 381 g/mol. The highest BCUT2D eigenvalue weighted by molar-refractivity contribution is 7.89. The monoisotopic (exact) mass is 405 g/mol. The van der Waals surface area contributed by atoms with Crippen molar-refractivity contribution >= 4 is 28.3 Å². The fourth-order valence-corrected chi connectivity index (χ4v) is 5.08. The number of nitrogens with one attached hydrogen (secondary N) is 1. The lowest BCUT2D eigenvalue weighted by Crippen LogP contribution is -2.48. The summed E-state index contributed by atoms with van der Waals surface area (Å²) in [6.07, 6.45) is 2.26. The Bertz CT molecular complexity index is 723. The van der Waals surface area contributed by atoms with Crippen LogP contribution < -0.4 is 5.32 Å². The zero-order chi connectivity index (χ0) is 18.0. The number of hydrogen-bond acceptors (Lipinski definition) is 4. The lowest BCUT2D eigenvalue weighted by molar-refractivity contribution is -0.137. The Morgan fingerprint density at radius 2 is 1.96 bits per heavy atom. The Morgan fingerprint density at radius 3 is 2.58 bits per heavy atom. The molecule has 2 atom stereocenters. The van der Waals surface area contributed by atoms with Crippen molar-refractivity contribution in [2.75, 3.05) is 33.2 Å². The molecule has 0 aliphatic carbocycles. The number of benzene rings is 1. The molecule has 0 bridgehead atoms. The second-order valence-electron chi connectivity index (χ2n) is 6.75. The Kier molecular flexibility index (Phi) is 7.01. The van der Waals surface area contributed by atoms with Gasteiger partial charge >= 0.3 is 0 Å².